The Labute approximate surface area is 92.0 Å². The van der Waals surface area contributed by atoms with Crippen molar-refractivity contribution in [1.82, 2.24) is 5.32 Å². The van der Waals surface area contributed by atoms with Gasteiger partial charge in [0.15, 0.2) is 0 Å². The van der Waals surface area contributed by atoms with Crippen LogP contribution >= 0.6 is 0 Å². The van der Waals surface area contributed by atoms with Crippen molar-refractivity contribution in [3.63, 3.8) is 0 Å². The maximum absolute atomic E-state index is 11.4. The Morgan fingerprint density at radius 1 is 1.40 bits per heavy atom. The van der Waals surface area contributed by atoms with Crippen LogP contribution in [-0.4, -0.2) is 37.4 Å². The van der Waals surface area contributed by atoms with Gasteiger partial charge in [-0.25, -0.2) is 0 Å². The van der Waals surface area contributed by atoms with E-state index in [9.17, 15) is 9.90 Å². The molecule has 1 amide bonds. The third-order valence-electron chi connectivity index (χ3n) is 2.52. The average Bonchev–Trinajstić information content (AvgIpc) is 2.23. The molecular formula is C11H23NO3. The summed E-state index contributed by atoms with van der Waals surface area (Å²) in [6.45, 7) is 4.69. The molecule has 0 rings (SSSR count). The van der Waals surface area contributed by atoms with E-state index in [1.54, 1.807) is 0 Å². The standard InChI is InChI=1S/C11H23NO3/c1-4-9(5-2)6-11(14)12-7-10(13)8-15-3/h9-10,13H,4-8H2,1-3H3,(H,12,14). The topological polar surface area (TPSA) is 58.6 Å². The molecule has 0 aliphatic carbocycles. The Bertz CT molecular complexity index is 169. The van der Waals surface area contributed by atoms with E-state index in [4.69, 9.17) is 4.74 Å². The van der Waals surface area contributed by atoms with Crippen LogP contribution in [0.1, 0.15) is 33.1 Å². The quantitative estimate of drug-likeness (QED) is 0.636. The van der Waals surface area contributed by atoms with Crippen molar-refractivity contribution in [1.29, 1.82) is 0 Å². The van der Waals surface area contributed by atoms with E-state index < -0.39 is 6.10 Å². The summed E-state index contributed by atoms with van der Waals surface area (Å²) in [5, 5.41) is 12.0. The summed E-state index contributed by atoms with van der Waals surface area (Å²) in [6, 6.07) is 0. The van der Waals surface area contributed by atoms with Gasteiger partial charge in [0.1, 0.15) is 0 Å². The van der Waals surface area contributed by atoms with Gasteiger partial charge in [0, 0.05) is 20.1 Å². The van der Waals surface area contributed by atoms with E-state index in [0.717, 1.165) is 12.8 Å². The van der Waals surface area contributed by atoms with Gasteiger partial charge in [-0.05, 0) is 5.92 Å². The fourth-order valence-corrected chi connectivity index (χ4v) is 1.39. The highest BCUT2D eigenvalue weighted by Gasteiger charge is 2.11. The van der Waals surface area contributed by atoms with Crippen molar-refractivity contribution in [2.75, 3.05) is 20.3 Å². The second-order valence-electron chi connectivity index (χ2n) is 3.80. The predicted octanol–water partition coefficient (Wildman–Crippen LogP) is 0.936. The van der Waals surface area contributed by atoms with Crippen molar-refractivity contribution in [3.8, 4) is 0 Å². The summed E-state index contributed by atoms with van der Waals surface area (Å²) >= 11 is 0. The number of hydrogen-bond donors (Lipinski definition) is 2. The Morgan fingerprint density at radius 2 is 2.00 bits per heavy atom. The van der Waals surface area contributed by atoms with Gasteiger partial charge in [-0.3, -0.25) is 4.79 Å². The maximum Gasteiger partial charge on any atom is 0.220 e. The molecule has 0 saturated heterocycles. The van der Waals surface area contributed by atoms with Crippen molar-refractivity contribution in [3.05, 3.63) is 0 Å². The number of methoxy groups -OCH3 is 1. The highest BCUT2D eigenvalue weighted by molar-refractivity contribution is 5.76. The van der Waals surface area contributed by atoms with Gasteiger partial charge in [-0.1, -0.05) is 26.7 Å². The number of aliphatic hydroxyl groups is 1. The van der Waals surface area contributed by atoms with E-state index in [-0.39, 0.29) is 19.1 Å². The molecule has 0 aromatic carbocycles. The predicted molar refractivity (Wildman–Crippen MR) is 59.6 cm³/mol. The second kappa shape index (κ2) is 8.68. The van der Waals surface area contributed by atoms with Gasteiger partial charge < -0.3 is 15.2 Å². The number of hydrogen-bond acceptors (Lipinski definition) is 3. The molecule has 0 radical (unpaired) electrons. The molecule has 0 aromatic rings. The van der Waals surface area contributed by atoms with E-state index in [0.29, 0.717) is 12.3 Å². The Kier molecular flexibility index (Phi) is 8.33. The van der Waals surface area contributed by atoms with Crippen LogP contribution in [0.3, 0.4) is 0 Å². The SMILES string of the molecule is CCC(CC)CC(=O)NCC(O)COC. The monoisotopic (exact) mass is 217 g/mol. The minimum Gasteiger partial charge on any atom is -0.389 e. The Hall–Kier alpha value is -0.610. The summed E-state index contributed by atoms with van der Waals surface area (Å²) in [5.74, 6) is 0.462. The maximum atomic E-state index is 11.4. The number of carbonyl (C=O) groups excluding carboxylic acids is 1. The van der Waals surface area contributed by atoms with Crippen LogP contribution < -0.4 is 5.32 Å². The van der Waals surface area contributed by atoms with Gasteiger partial charge in [0.25, 0.3) is 0 Å². The number of ether oxygens (including phenoxy) is 1. The van der Waals surface area contributed by atoms with Crippen molar-refractivity contribution < 1.29 is 14.6 Å². The Morgan fingerprint density at radius 3 is 2.47 bits per heavy atom. The zero-order valence-corrected chi connectivity index (χ0v) is 9.95. The van der Waals surface area contributed by atoms with E-state index in [1.807, 2.05) is 0 Å². The highest BCUT2D eigenvalue weighted by atomic mass is 16.5. The minimum atomic E-state index is -0.611. The highest BCUT2D eigenvalue weighted by Crippen LogP contribution is 2.11. The molecule has 0 aliphatic rings. The fraction of sp³-hybridized carbons (Fsp3) is 0.909. The summed E-state index contributed by atoms with van der Waals surface area (Å²) in [5.41, 5.74) is 0. The van der Waals surface area contributed by atoms with Crippen LogP contribution in [-0.2, 0) is 9.53 Å². The smallest absolute Gasteiger partial charge is 0.220 e. The fourth-order valence-electron chi connectivity index (χ4n) is 1.39. The van der Waals surface area contributed by atoms with Crippen molar-refractivity contribution in [2.45, 2.75) is 39.2 Å². The van der Waals surface area contributed by atoms with Crippen LogP contribution in [0.4, 0.5) is 0 Å². The van der Waals surface area contributed by atoms with E-state index in [2.05, 4.69) is 19.2 Å². The summed E-state index contributed by atoms with van der Waals surface area (Å²) in [7, 11) is 1.52. The first-order valence-electron chi connectivity index (χ1n) is 5.57. The second-order valence-corrected chi connectivity index (χ2v) is 3.80. The van der Waals surface area contributed by atoms with Crippen LogP contribution in [0.2, 0.25) is 0 Å². The molecule has 0 spiro atoms. The number of amides is 1. The molecular weight excluding hydrogens is 194 g/mol. The average molecular weight is 217 g/mol. The minimum absolute atomic E-state index is 0.0128. The lowest BCUT2D eigenvalue weighted by molar-refractivity contribution is -0.122. The third-order valence-corrected chi connectivity index (χ3v) is 2.52. The molecule has 0 aliphatic heterocycles. The first-order valence-corrected chi connectivity index (χ1v) is 5.57. The van der Waals surface area contributed by atoms with Gasteiger partial charge in [-0.15, -0.1) is 0 Å². The van der Waals surface area contributed by atoms with Crippen molar-refractivity contribution in [2.24, 2.45) is 5.92 Å². The first-order chi connectivity index (χ1) is 7.13. The normalized spacial score (nSPS) is 12.9. The lowest BCUT2D eigenvalue weighted by Crippen LogP contribution is -2.35. The van der Waals surface area contributed by atoms with Crippen LogP contribution in [0.15, 0.2) is 0 Å². The van der Waals surface area contributed by atoms with E-state index >= 15 is 0 Å². The van der Waals surface area contributed by atoms with Crippen LogP contribution in [0.5, 0.6) is 0 Å². The summed E-state index contributed by atoms with van der Waals surface area (Å²) in [4.78, 5) is 11.4. The number of carbonyl (C=O) groups is 1. The summed E-state index contributed by atoms with van der Waals surface area (Å²) in [6.07, 6.45) is 1.97. The largest absolute Gasteiger partial charge is 0.389 e. The zero-order chi connectivity index (χ0) is 11.7. The van der Waals surface area contributed by atoms with Crippen LogP contribution in [0, 0.1) is 5.92 Å². The number of aliphatic hydroxyl groups excluding tert-OH is 1. The molecule has 90 valence electrons. The molecule has 2 N–H and O–H groups in total. The molecule has 4 nitrogen and oxygen atoms in total. The molecule has 4 heteroatoms. The molecule has 0 fully saturated rings. The van der Waals surface area contributed by atoms with E-state index in [1.165, 1.54) is 7.11 Å². The number of nitrogens with one attached hydrogen (secondary N) is 1. The molecule has 0 bridgehead atoms. The Balaban J connectivity index is 3.64. The van der Waals surface area contributed by atoms with Gasteiger partial charge in [-0.2, -0.15) is 0 Å². The number of rotatable bonds is 8. The van der Waals surface area contributed by atoms with Gasteiger partial charge in [0.05, 0.1) is 12.7 Å². The molecule has 0 saturated carbocycles. The first kappa shape index (κ1) is 14.4. The van der Waals surface area contributed by atoms with Crippen molar-refractivity contribution >= 4 is 5.91 Å². The molecule has 15 heavy (non-hydrogen) atoms. The molecule has 0 heterocycles. The molecule has 1 atom stereocenters. The zero-order valence-electron chi connectivity index (χ0n) is 9.95. The third kappa shape index (κ3) is 7.33. The van der Waals surface area contributed by atoms with Gasteiger partial charge >= 0.3 is 0 Å². The summed E-state index contributed by atoms with van der Waals surface area (Å²) < 4.78 is 4.76. The lowest BCUT2D eigenvalue weighted by atomic mass is 9.99. The van der Waals surface area contributed by atoms with Gasteiger partial charge in [0.2, 0.25) is 5.91 Å². The van der Waals surface area contributed by atoms with Crippen LogP contribution in [0.25, 0.3) is 0 Å². The molecule has 1 unspecified atom stereocenters. The lowest BCUT2D eigenvalue weighted by Gasteiger charge is -2.14. The molecule has 0 aromatic heterocycles.